The van der Waals surface area contributed by atoms with Gasteiger partial charge in [-0.15, -0.1) is 0 Å². The summed E-state index contributed by atoms with van der Waals surface area (Å²) in [5.41, 5.74) is 8.40. The zero-order valence-corrected chi connectivity index (χ0v) is 41.2. The molecule has 1 aromatic heterocycles. The number of urea groups is 1. The lowest BCUT2D eigenvalue weighted by molar-refractivity contribution is -0.139. The average molecular weight is 982 g/mol. The number of benzene rings is 3. The SMILES string of the molecule is COc1cc2nc(C)nc(N[C@H](C)c3cc(N)cc(C(F)(F)F)c3)c2cc1C1CCC(C(=O)N2CCN(CC3CCC4(CC3)CCN(C(=O)c3ccc(OC)c(N5CCC(=O)NC5=O)c3)CC4)CC2)CC1. The van der Waals surface area contributed by atoms with E-state index < -0.39 is 23.8 Å². The van der Waals surface area contributed by atoms with Gasteiger partial charge in [0.15, 0.2) is 0 Å². The molecule has 5 aliphatic rings. The summed E-state index contributed by atoms with van der Waals surface area (Å²) in [6.45, 7) is 9.43. The summed E-state index contributed by atoms with van der Waals surface area (Å²) in [4.78, 5) is 69.4. The molecule has 0 bridgehead atoms. The number of amides is 5. The van der Waals surface area contributed by atoms with Crippen LogP contribution < -0.4 is 30.7 Å². The van der Waals surface area contributed by atoms with Crippen LogP contribution in [0.25, 0.3) is 10.9 Å². The molecule has 4 heterocycles. The van der Waals surface area contributed by atoms with Gasteiger partial charge in [0.1, 0.15) is 23.1 Å². The van der Waals surface area contributed by atoms with Crippen LogP contribution in [0, 0.1) is 24.2 Å². The van der Waals surface area contributed by atoms with E-state index >= 15 is 0 Å². The van der Waals surface area contributed by atoms with Gasteiger partial charge in [-0.2, -0.15) is 13.2 Å². The van der Waals surface area contributed by atoms with E-state index in [4.69, 9.17) is 15.2 Å². The summed E-state index contributed by atoms with van der Waals surface area (Å²) in [6.07, 6.45) is 5.43. The molecule has 0 unspecified atom stereocenters. The summed E-state index contributed by atoms with van der Waals surface area (Å²) < 4.78 is 52.3. The summed E-state index contributed by atoms with van der Waals surface area (Å²) in [7, 11) is 3.16. The van der Waals surface area contributed by atoms with Crippen LogP contribution in [0.3, 0.4) is 0 Å². The molecule has 15 nitrogen and oxygen atoms in total. The molecule has 3 aliphatic heterocycles. The third-order valence-corrected chi connectivity index (χ3v) is 16.1. The number of alkyl halides is 3. The number of hydrogen-bond donors (Lipinski definition) is 3. The molecule has 2 aliphatic carbocycles. The maximum Gasteiger partial charge on any atom is 0.416 e. The number of piperidine rings is 1. The second kappa shape index (κ2) is 20.5. The van der Waals surface area contributed by atoms with E-state index in [1.807, 2.05) is 17.0 Å². The van der Waals surface area contributed by atoms with Gasteiger partial charge in [-0.25, -0.2) is 14.8 Å². The Balaban J connectivity index is 0.736. The maximum atomic E-state index is 14.0. The third kappa shape index (κ3) is 10.9. The van der Waals surface area contributed by atoms with Gasteiger partial charge < -0.3 is 30.3 Å². The fourth-order valence-corrected chi connectivity index (χ4v) is 11.9. The normalized spacial score (nSPS) is 21.8. The van der Waals surface area contributed by atoms with E-state index in [0.29, 0.717) is 64.5 Å². The van der Waals surface area contributed by atoms with Crippen LogP contribution in [-0.2, 0) is 15.8 Å². The molecule has 71 heavy (non-hydrogen) atoms. The number of hydrogen-bond acceptors (Lipinski definition) is 11. The van der Waals surface area contributed by atoms with Gasteiger partial charge in [-0.3, -0.25) is 29.5 Å². The molecule has 3 saturated heterocycles. The monoisotopic (exact) mass is 982 g/mol. The number of likely N-dealkylation sites (tertiary alicyclic amines) is 1. The van der Waals surface area contributed by atoms with Crippen molar-refractivity contribution in [1.82, 2.24) is 30.0 Å². The van der Waals surface area contributed by atoms with Gasteiger partial charge in [0.05, 0.1) is 37.0 Å². The Labute approximate surface area is 413 Å². The number of anilines is 3. The number of carbonyl (C=O) groups is 4. The van der Waals surface area contributed by atoms with E-state index in [-0.39, 0.29) is 53.6 Å². The van der Waals surface area contributed by atoms with Gasteiger partial charge in [-0.1, -0.05) is 0 Å². The van der Waals surface area contributed by atoms with Crippen LogP contribution in [0.15, 0.2) is 48.5 Å². The van der Waals surface area contributed by atoms with Crippen molar-refractivity contribution in [3.8, 4) is 11.5 Å². The maximum absolute atomic E-state index is 14.0. The predicted molar refractivity (Wildman–Crippen MR) is 264 cm³/mol. The number of imide groups is 1. The van der Waals surface area contributed by atoms with Crippen LogP contribution in [0.2, 0.25) is 0 Å². The number of aromatic nitrogens is 2. The van der Waals surface area contributed by atoms with E-state index in [1.54, 1.807) is 39.2 Å². The first-order chi connectivity index (χ1) is 34.0. The highest BCUT2D eigenvalue weighted by molar-refractivity contribution is 6.07. The number of rotatable bonds is 11. The van der Waals surface area contributed by atoms with Crippen LogP contribution in [-0.4, -0.2) is 115 Å². The number of nitrogens with two attached hydrogens (primary N) is 1. The van der Waals surface area contributed by atoms with Crippen LogP contribution in [0.5, 0.6) is 11.5 Å². The van der Waals surface area contributed by atoms with Gasteiger partial charge >= 0.3 is 12.2 Å². The summed E-state index contributed by atoms with van der Waals surface area (Å²) in [6, 6.07) is 11.6. The molecule has 1 spiro atoms. The minimum absolute atomic E-state index is 0.0321. The fourth-order valence-electron chi connectivity index (χ4n) is 11.9. The molecule has 9 rings (SSSR count). The Morgan fingerprint density at radius 2 is 1.55 bits per heavy atom. The van der Waals surface area contributed by atoms with E-state index in [9.17, 15) is 32.3 Å². The molecule has 4 aromatic rings. The number of nitrogens with one attached hydrogen (secondary N) is 2. The predicted octanol–water partition coefficient (Wildman–Crippen LogP) is 8.71. The number of aryl methyl sites for hydroxylation is 1. The highest BCUT2D eigenvalue weighted by atomic mass is 19.4. The van der Waals surface area contributed by atoms with Gasteiger partial charge in [-0.05, 0) is 149 Å². The Hall–Kier alpha value is -6.17. The summed E-state index contributed by atoms with van der Waals surface area (Å²) in [5, 5.41) is 6.42. The van der Waals surface area contributed by atoms with Crippen molar-refractivity contribution >= 4 is 51.8 Å². The summed E-state index contributed by atoms with van der Waals surface area (Å²) >= 11 is 0. The second-order valence-corrected chi connectivity index (χ2v) is 20.5. The molecular weight excluding hydrogens is 916 g/mol. The minimum Gasteiger partial charge on any atom is -0.496 e. The van der Waals surface area contributed by atoms with Gasteiger partial charge in [0, 0.05) is 87.4 Å². The third-order valence-electron chi connectivity index (χ3n) is 16.1. The van der Waals surface area contributed by atoms with E-state index in [1.165, 1.54) is 30.9 Å². The number of piperazine rings is 1. The first-order valence-electron chi connectivity index (χ1n) is 25.2. The number of nitrogens with zero attached hydrogens (tertiary/aromatic N) is 6. The number of methoxy groups -OCH3 is 2. The van der Waals surface area contributed by atoms with E-state index in [2.05, 4.69) is 30.4 Å². The highest BCUT2D eigenvalue weighted by Crippen LogP contribution is 2.47. The number of halogens is 3. The van der Waals surface area contributed by atoms with E-state index in [0.717, 1.165) is 107 Å². The van der Waals surface area contributed by atoms with Crippen LogP contribution in [0.4, 0.5) is 35.2 Å². The molecule has 5 amide bonds. The molecule has 2 saturated carbocycles. The van der Waals surface area contributed by atoms with Crippen molar-refractivity contribution < 1.29 is 41.8 Å². The van der Waals surface area contributed by atoms with Crippen molar-refractivity contribution in [2.45, 2.75) is 103 Å². The molecular formula is C53H66F3N9O6. The molecule has 5 fully saturated rings. The van der Waals surface area contributed by atoms with Crippen molar-refractivity contribution in [1.29, 1.82) is 0 Å². The lowest BCUT2D eigenvalue weighted by Crippen LogP contribution is -2.52. The molecule has 380 valence electrons. The van der Waals surface area contributed by atoms with Crippen molar-refractivity contribution in [3.05, 3.63) is 76.6 Å². The molecule has 18 heteroatoms. The van der Waals surface area contributed by atoms with Crippen molar-refractivity contribution in [2.75, 3.05) is 82.5 Å². The number of ether oxygens (including phenoxy) is 2. The first kappa shape index (κ1) is 49.8. The standard InChI is InChI=1S/C53H66F3N9O6/c1-32(38-25-39(53(54,55)56)28-40(57)26-38)58-48-42-29-41(46(71-4)30-43(42)59-33(2)60-48)35-5-7-36(8-6-35)49(67)64-23-21-62(22-24-64)31-34-11-14-52(15-12-34)16-19-63(20-17-52)50(68)37-9-10-45(70-3)44(27-37)65-18-13-47(66)61-51(65)69/h9-10,25-30,32,34-36H,5-8,11-24,31,57H2,1-4H3,(H,58,59,60)(H,61,66,69)/t32-,35?,36?/m1/s1. The molecule has 0 radical (unpaired) electrons. The lowest BCUT2D eigenvalue weighted by Gasteiger charge is -2.47. The number of nitrogen functional groups attached to an aromatic ring is 1. The number of carbonyl (C=O) groups excluding carboxylic acids is 4. The largest absolute Gasteiger partial charge is 0.496 e. The smallest absolute Gasteiger partial charge is 0.416 e. The van der Waals surface area contributed by atoms with Gasteiger partial charge in [0.2, 0.25) is 11.8 Å². The van der Waals surface area contributed by atoms with Crippen LogP contribution >= 0.6 is 0 Å². The van der Waals surface area contributed by atoms with Gasteiger partial charge in [0.25, 0.3) is 5.91 Å². The average Bonchev–Trinajstić information content (AvgIpc) is 3.36. The zero-order valence-electron chi connectivity index (χ0n) is 41.2. The van der Waals surface area contributed by atoms with Crippen molar-refractivity contribution in [3.63, 3.8) is 0 Å². The van der Waals surface area contributed by atoms with Crippen LogP contribution in [0.1, 0.15) is 122 Å². The Morgan fingerprint density at radius 3 is 2.21 bits per heavy atom. The Morgan fingerprint density at radius 1 is 0.845 bits per heavy atom. The first-order valence-corrected chi connectivity index (χ1v) is 25.2. The number of fused-ring (bicyclic) bond motifs is 1. The molecule has 1 atom stereocenters. The quantitative estimate of drug-likeness (QED) is 0.123. The highest BCUT2D eigenvalue weighted by Gasteiger charge is 2.41. The fraction of sp³-hybridized carbons (Fsp3) is 0.547. The van der Waals surface area contributed by atoms with Crippen molar-refractivity contribution in [2.24, 2.45) is 17.3 Å². The Kier molecular flexibility index (Phi) is 14.4. The topological polar surface area (TPSA) is 176 Å². The summed E-state index contributed by atoms with van der Waals surface area (Å²) in [5.74, 6) is 2.79. The minimum atomic E-state index is -4.53. The lowest BCUT2D eigenvalue weighted by atomic mass is 9.65. The molecule has 4 N–H and O–H groups in total. The second-order valence-electron chi connectivity index (χ2n) is 20.5. The molecule has 3 aromatic carbocycles. The Bertz CT molecular complexity index is 2650. The zero-order chi connectivity index (χ0) is 50.2.